The Balaban J connectivity index is 2.40. The number of rotatable bonds is 4. The number of hydrogen-bond acceptors (Lipinski definition) is 5. The van der Waals surface area contributed by atoms with Crippen molar-refractivity contribution in [2.45, 2.75) is 51.7 Å². The van der Waals surface area contributed by atoms with Crippen molar-refractivity contribution in [1.82, 2.24) is 4.90 Å². The Bertz CT molecular complexity index is 652. The molecule has 1 aliphatic heterocycles. The van der Waals surface area contributed by atoms with E-state index in [1.807, 2.05) is 30.3 Å². The normalized spacial score (nSPS) is 23.2. The zero-order chi connectivity index (χ0) is 19.4. The third-order valence-electron chi connectivity index (χ3n) is 4.64. The van der Waals surface area contributed by atoms with E-state index in [0.29, 0.717) is 32.1 Å². The molecule has 0 aromatic heterocycles. The van der Waals surface area contributed by atoms with Crippen LogP contribution >= 0.6 is 0 Å². The van der Waals surface area contributed by atoms with E-state index in [4.69, 9.17) is 9.47 Å². The predicted molar refractivity (Wildman–Crippen MR) is 96.6 cm³/mol. The maximum Gasteiger partial charge on any atom is 0.410 e. The average molecular weight is 361 g/mol. The van der Waals surface area contributed by atoms with Crippen molar-refractivity contribution in [3.63, 3.8) is 0 Å². The summed E-state index contributed by atoms with van der Waals surface area (Å²) in [5.74, 6) is -0.480. The van der Waals surface area contributed by atoms with Gasteiger partial charge in [-0.15, -0.1) is 0 Å². The molecule has 6 heteroatoms. The Morgan fingerprint density at radius 2 is 1.92 bits per heavy atom. The summed E-state index contributed by atoms with van der Waals surface area (Å²) in [7, 11) is 1.31. The number of aldehydes is 1. The Morgan fingerprint density at radius 3 is 2.46 bits per heavy atom. The molecule has 1 amide bonds. The number of carbonyl (C=O) groups is 3. The van der Waals surface area contributed by atoms with Crippen LogP contribution in [0.1, 0.15) is 39.2 Å². The number of hydrogen-bond donors (Lipinski definition) is 0. The van der Waals surface area contributed by atoms with Crippen LogP contribution in [0.3, 0.4) is 0 Å². The minimum Gasteiger partial charge on any atom is -0.469 e. The smallest absolute Gasteiger partial charge is 0.410 e. The van der Waals surface area contributed by atoms with Gasteiger partial charge in [0.25, 0.3) is 0 Å². The number of methoxy groups -OCH3 is 1. The Morgan fingerprint density at radius 1 is 1.27 bits per heavy atom. The molecule has 6 nitrogen and oxygen atoms in total. The molecule has 1 fully saturated rings. The van der Waals surface area contributed by atoms with Gasteiger partial charge in [-0.05, 0) is 45.6 Å². The summed E-state index contributed by atoms with van der Waals surface area (Å²) < 4.78 is 10.5. The van der Waals surface area contributed by atoms with E-state index in [9.17, 15) is 14.4 Å². The van der Waals surface area contributed by atoms with Gasteiger partial charge in [0.05, 0.1) is 12.5 Å². The van der Waals surface area contributed by atoms with Crippen LogP contribution in [-0.4, -0.2) is 48.5 Å². The van der Waals surface area contributed by atoms with E-state index >= 15 is 0 Å². The second-order valence-electron chi connectivity index (χ2n) is 7.67. The quantitative estimate of drug-likeness (QED) is 0.609. The zero-order valence-electron chi connectivity index (χ0n) is 15.9. The molecule has 1 aromatic rings. The van der Waals surface area contributed by atoms with Gasteiger partial charge in [0, 0.05) is 6.54 Å². The fraction of sp³-hybridized carbons (Fsp3) is 0.550. The molecule has 0 saturated carbocycles. The van der Waals surface area contributed by atoms with Gasteiger partial charge in [0.15, 0.2) is 0 Å². The van der Waals surface area contributed by atoms with Gasteiger partial charge >= 0.3 is 12.1 Å². The predicted octanol–water partition coefficient (Wildman–Crippen LogP) is 2.99. The number of benzene rings is 1. The molecule has 26 heavy (non-hydrogen) atoms. The molecule has 1 aliphatic rings. The van der Waals surface area contributed by atoms with E-state index in [0.717, 1.165) is 5.56 Å². The van der Waals surface area contributed by atoms with E-state index in [-0.39, 0.29) is 0 Å². The van der Waals surface area contributed by atoms with Crippen molar-refractivity contribution < 1.29 is 23.9 Å². The van der Waals surface area contributed by atoms with Crippen LogP contribution in [0.15, 0.2) is 30.3 Å². The molecule has 2 atom stereocenters. The number of piperidine rings is 1. The first-order chi connectivity index (χ1) is 12.2. The molecule has 0 bridgehead atoms. The lowest BCUT2D eigenvalue weighted by Crippen LogP contribution is -2.60. The first-order valence-corrected chi connectivity index (χ1v) is 8.81. The SMILES string of the molecule is COC(=O)C1(Cc2ccccc2)CCCN(C(=O)OC(C)(C)C)C1C=O. The number of ether oxygens (including phenoxy) is 2. The summed E-state index contributed by atoms with van der Waals surface area (Å²) in [6.07, 6.45) is 1.46. The molecule has 142 valence electrons. The second kappa shape index (κ2) is 7.89. The summed E-state index contributed by atoms with van der Waals surface area (Å²) >= 11 is 0. The Kier molecular flexibility index (Phi) is 6.05. The molecule has 1 aromatic carbocycles. The van der Waals surface area contributed by atoms with Gasteiger partial charge in [0.1, 0.15) is 17.9 Å². The highest BCUT2D eigenvalue weighted by molar-refractivity contribution is 5.86. The van der Waals surface area contributed by atoms with E-state index < -0.39 is 29.1 Å². The van der Waals surface area contributed by atoms with E-state index in [2.05, 4.69) is 0 Å². The number of esters is 1. The van der Waals surface area contributed by atoms with Crippen LogP contribution in [0, 0.1) is 5.41 Å². The van der Waals surface area contributed by atoms with Crippen molar-refractivity contribution >= 4 is 18.3 Å². The molecule has 0 aliphatic carbocycles. The molecule has 0 spiro atoms. The Labute approximate surface area is 154 Å². The molecule has 2 unspecified atom stereocenters. The van der Waals surface area contributed by atoms with Crippen molar-refractivity contribution in [3.8, 4) is 0 Å². The highest BCUT2D eigenvalue weighted by Gasteiger charge is 2.53. The van der Waals surface area contributed by atoms with Gasteiger partial charge in [-0.3, -0.25) is 9.69 Å². The molecule has 2 rings (SSSR count). The Hall–Kier alpha value is -2.37. The number of amides is 1. The minimum absolute atomic E-state index is 0.323. The van der Waals surface area contributed by atoms with Crippen molar-refractivity contribution in [3.05, 3.63) is 35.9 Å². The van der Waals surface area contributed by atoms with Gasteiger partial charge < -0.3 is 14.3 Å². The lowest BCUT2D eigenvalue weighted by atomic mass is 9.69. The standard InChI is InChI=1S/C20H27NO5/c1-19(2,3)26-18(24)21-12-8-11-20(16(21)14-22,17(23)25-4)13-15-9-6-5-7-10-15/h5-7,9-10,14,16H,8,11-13H2,1-4H3. The van der Waals surface area contributed by atoms with Crippen LogP contribution < -0.4 is 0 Å². The maximum absolute atomic E-state index is 12.8. The number of likely N-dealkylation sites (tertiary alicyclic amines) is 1. The molecular weight excluding hydrogens is 334 g/mol. The highest BCUT2D eigenvalue weighted by atomic mass is 16.6. The summed E-state index contributed by atoms with van der Waals surface area (Å²) in [4.78, 5) is 38.8. The van der Waals surface area contributed by atoms with Crippen molar-refractivity contribution in [2.75, 3.05) is 13.7 Å². The topological polar surface area (TPSA) is 72.9 Å². The molecule has 1 heterocycles. The first-order valence-electron chi connectivity index (χ1n) is 8.81. The largest absolute Gasteiger partial charge is 0.469 e. The third-order valence-corrected chi connectivity index (χ3v) is 4.64. The van der Waals surface area contributed by atoms with Crippen LogP contribution in [0.25, 0.3) is 0 Å². The van der Waals surface area contributed by atoms with Gasteiger partial charge in [0.2, 0.25) is 0 Å². The third kappa shape index (κ3) is 4.23. The van der Waals surface area contributed by atoms with Gasteiger partial charge in [-0.1, -0.05) is 30.3 Å². The highest BCUT2D eigenvalue weighted by Crippen LogP contribution is 2.40. The zero-order valence-corrected chi connectivity index (χ0v) is 15.9. The number of carbonyl (C=O) groups excluding carboxylic acids is 3. The number of nitrogens with zero attached hydrogens (tertiary/aromatic N) is 1. The van der Waals surface area contributed by atoms with Crippen molar-refractivity contribution in [1.29, 1.82) is 0 Å². The van der Waals surface area contributed by atoms with Gasteiger partial charge in [-0.2, -0.15) is 0 Å². The first kappa shape index (κ1) is 19.9. The minimum atomic E-state index is -1.12. The van der Waals surface area contributed by atoms with Crippen LogP contribution in [-0.2, 0) is 25.5 Å². The lowest BCUT2D eigenvalue weighted by molar-refractivity contribution is -0.162. The maximum atomic E-state index is 12.8. The van der Waals surface area contributed by atoms with Crippen LogP contribution in [0.5, 0.6) is 0 Å². The fourth-order valence-electron chi connectivity index (χ4n) is 3.53. The summed E-state index contributed by atoms with van der Waals surface area (Å²) in [5, 5.41) is 0. The fourth-order valence-corrected chi connectivity index (χ4v) is 3.53. The van der Waals surface area contributed by atoms with E-state index in [1.165, 1.54) is 12.0 Å². The summed E-state index contributed by atoms with van der Waals surface area (Å²) in [6, 6.07) is 8.52. The lowest BCUT2D eigenvalue weighted by Gasteiger charge is -2.45. The molecular formula is C20H27NO5. The molecule has 0 radical (unpaired) electrons. The molecule has 1 saturated heterocycles. The summed E-state index contributed by atoms with van der Waals surface area (Å²) in [6.45, 7) is 5.67. The van der Waals surface area contributed by atoms with Gasteiger partial charge in [-0.25, -0.2) is 4.79 Å². The van der Waals surface area contributed by atoms with Crippen LogP contribution in [0.4, 0.5) is 4.79 Å². The monoisotopic (exact) mass is 361 g/mol. The average Bonchev–Trinajstić information content (AvgIpc) is 2.60. The second-order valence-corrected chi connectivity index (χ2v) is 7.67. The molecule has 0 N–H and O–H groups in total. The van der Waals surface area contributed by atoms with E-state index in [1.54, 1.807) is 20.8 Å². The van der Waals surface area contributed by atoms with Crippen molar-refractivity contribution in [2.24, 2.45) is 5.41 Å². The summed E-state index contributed by atoms with van der Waals surface area (Å²) in [5.41, 5.74) is -0.890. The van der Waals surface area contributed by atoms with Crippen LogP contribution in [0.2, 0.25) is 0 Å².